The maximum atomic E-state index is 6.04. The number of fused-ring (bicyclic) bond motifs is 1. The minimum atomic E-state index is 0.536. The summed E-state index contributed by atoms with van der Waals surface area (Å²) in [6, 6.07) is 8.49. The van der Waals surface area contributed by atoms with Gasteiger partial charge in [-0.2, -0.15) is 0 Å². The Morgan fingerprint density at radius 3 is 2.68 bits per heavy atom. The molecule has 0 spiro atoms. The maximum Gasteiger partial charge on any atom is 0.258 e. The van der Waals surface area contributed by atoms with Gasteiger partial charge in [0.1, 0.15) is 0 Å². The van der Waals surface area contributed by atoms with Crippen molar-refractivity contribution in [3.8, 4) is 5.88 Å². The first kappa shape index (κ1) is 13.8. The lowest BCUT2D eigenvalue weighted by Gasteiger charge is -2.23. The number of rotatable bonds is 5. The van der Waals surface area contributed by atoms with Crippen molar-refractivity contribution >= 4 is 16.9 Å². The molecular weight excluding hydrogens is 276 g/mol. The monoisotopic (exact) mass is 298 g/mol. The van der Waals surface area contributed by atoms with E-state index in [0.29, 0.717) is 24.4 Å². The number of aromatic nitrogens is 2. The van der Waals surface area contributed by atoms with Gasteiger partial charge in [-0.05, 0) is 44.4 Å². The van der Waals surface area contributed by atoms with Crippen molar-refractivity contribution in [2.75, 3.05) is 25.0 Å². The van der Waals surface area contributed by atoms with Gasteiger partial charge in [-0.1, -0.05) is 12.1 Å². The summed E-state index contributed by atoms with van der Waals surface area (Å²) < 4.78 is 6.04. The van der Waals surface area contributed by atoms with Gasteiger partial charge >= 0.3 is 0 Å². The number of hydrogen-bond donors (Lipinski definition) is 2. The first-order valence-electron chi connectivity index (χ1n) is 8.25. The molecule has 0 unspecified atom stereocenters. The number of anilines is 1. The van der Waals surface area contributed by atoms with Crippen LogP contribution in [-0.4, -0.2) is 35.7 Å². The molecule has 5 heteroatoms. The molecule has 1 atom stereocenters. The molecule has 2 heterocycles. The van der Waals surface area contributed by atoms with E-state index in [0.717, 1.165) is 29.9 Å². The number of nitrogens with one attached hydrogen (secondary N) is 2. The summed E-state index contributed by atoms with van der Waals surface area (Å²) in [6.45, 7) is 2.87. The van der Waals surface area contributed by atoms with Gasteiger partial charge in [-0.15, -0.1) is 0 Å². The van der Waals surface area contributed by atoms with Crippen LogP contribution in [0.3, 0.4) is 0 Å². The molecule has 2 N–H and O–H groups in total. The summed E-state index contributed by atoms with van der Waals surface area (Å²) in [6.07, 6.45) is 4.87. The van der Waals surface area contributed by atoms with Crippen LogP contribution in [0.2, 0.25) is 0 Å². The molecule has 5 nitrogen and oxygen atoms in total. The molecule has 116 valence electrons. The van der Waals surface area contributed by atoms with E-state index < -0.39 is 0 Å². The summed E-state index contributed by atoms with van der Waals surface area (Å²) in [7, 11) is 0. The van der Waals surface area contributed by atoms with Gasteiger partial charge in [0.05, 0.1) is 17.6 Å². The van der Waals surface area contributed by atoms with Crippen LogP contribution < -0.4 is 15.4 Å². The van der Waals surface area contributed by atoms with Crippen molar-refractivity contribution in [1.82, 2.24) is 15.3 Å². The molecule has 0 bridgehead atoms. The third-order valence-corrected chi connectivity index (χ3v) is 4.31. The molecule has 1 aliphatic heterocycles. The highest BCUT2D eigenvalue weighted by molar-refractivity contribution is 5.77. The molecule has 1 aromatic heterocycles. The smallest absolute Gasteiger partial charge is 0.258 e. The van der Waals surface area contributed by atoms with E-state index in [-0.39, 0.29) is 0 Å². The lowest BCUT2D eigenvalue weighted by atomic mass is 10.0. The molecule has 1 saturated carbocycles. The van der Waals surface area contributed by atoms with Crippen LogP contribution in [0.5, 0.6) is 5.88 Å². The minimum absolute atomic E-state index is 0.536. The van der Waals surface area contributed by atoms with Gasteiger partial charge in [0.15, 0.2) is 5.82 Å². The quantitative estimate of drug-likeness (QED) is 0.888. The van der Waals surface area contributed by atoms with Crippen molar-refractivity contribution < 1.29 is 4.74 Å². The van der Waals surface area contributed by atoms with Gasteiger partial charge in [-0.25, -0.2) is 9.97 Å². The summed E-state index contributed by atoms with van der Waals surface area (Å²) in [5, 5.41) is 6.88. The molecule has 4 rings (SSSR count). The van der Waals surface area contributed by atoms with E-state index in [1.807, 2.05) is 24.3 Å². The van der Waals surface area contributed by atoms with E-state index in [2.05, 4.69) is 15.6 Å². The fraction of sp³-hybridized carbons (Fsp3) is 0.529. The minimum Gasteiger partial charge on any atom is -0.475 e. The van der Waals surface area contributed by atoms with Gasteiger partial charge in [0.2, 0.25) is 0 Å². The van der Waals surface area contributed by atoms with E-state index in [1.165, 1.54) is 25.7 Å². The standard InChI is InChI=1S/C17H22N4O/c1-2-6-15-14(5-1)20-16(19-13-7-8-13)17(21-15)22-11-12-4-3-9-18-10-12/h1-2,5-6,12-13,18H,3-4,7-11H2,(H,19,20)/t12-/m0/s1. The number of hydrogen-bond acceptors (Lipinski definition) is 5. The van der Waals surface area contributed by atoms with Gasteiger partial charge in [-0.3, -0.25) is 0 Å². The van der Waals surface area contributed by atoms with Crippen LogP contribution >= 0.6 is 0 Å². The van der Waals surface area contributed by atoms with Gasteiger partial charge in [0, 0.05) is 18.5 Å². The lowest BCUT2D eigenvalue weighted by Crippen LogP contribution is -2.33. The number of ether oxygens (including phenoxy) is 1. The normalized spacial score (nSPS) is 21.7. The average molecular weight is 298 g/mol. The second-order valence-electron chi connectivity index (χ2n) is 6.31. The van der Waals surface area contributed by atoms with Crippen LogP contribution in [0.15, 0.2) is 24.3 Å². The van der Waals surface area contributed by atoms with Crippen molar-refractivity contribution in [2.45, 2.75) is 31.7 Å². The largest absolute Gasteiger partial charge is 0.475 e. The number of benzene rings is 1. The first-order chi connectivity index (χ1) is 10.9. The van der Waals surface area contributed by atoms with Gasteiger partial charge < -0.3 is 15.4 Å². The molecule has 2 aliphatic rings. The lowest BCUT2D eigenvalue weighted by molar-refractivity contribution is 0.213. The van der Waals surface area contributed by atoms with Crippen molar-refractivity contribution in [3.05, 3.63) is 24.3 Å². The van der Waals surface area contributed by atoms with Gasteiger partial charge in [0.25, 0.3) is 5.88 Å². The van der Waals surface area contributed by atoms with Crippen molar-refractivity contribution in [1.29, 1.82) is 0 Å². The Bertz CT molecular complexity index is 650. The van der Waals surface area contributed by atoms with Crippen molar-refractivity contribution in [2.24, 2.45) is 5.92 Å². The van der Waals surface area contributed by atoms with E-state index in [1.54, 1.807) is 0 Å². The Morgan fingerprint density at radius 1 is 1.14 bits per heavy atom. The van der Waals surface area contributed by atoms with Crippen LogP contribution in [-0.2, 0) is 0 Å². The van der Waals surface area contributed by atoms with E-state index in [9.17, 15) is 0 Å². The Morgan fingerprint density at radius 2 is 1.95 bits per heavy atom. The zero-order chi connectivity index (χ0) is 14.8. The predicted molar refractivity (Wildman–Crippen MR) is 87.3 cm³/mol. The van der Waals surface area contributed by atoms with E-state index >= 15 is 0 Å². The highest BCUT2D eigenvalue weighted by atomic mass is 16.5. The molecule has 0 radical (unpaired) electrons. The molecule has 1 aliphatic carbocycles. The second-order valence-corrected chi connectivity index (χ2v) is 6.31. The average Bonchev–Trinajstić information content (AvgIpc) is 3.38. The van der Waals surface area contributed by atoms with E-state index in [4.69, 9.17) is 9.72 Å². The Hall–Kier alpha value is -1.88. The fourth-order valence-corrected chi connectivity index (χ4v) is 2.86. The topological polar surface area (TPSA) is 59.1 Å². The summed E-state index contributed by atoms with van der Waals surface area (Å²) in [5.74, 6) is 2.01. The molecule has 1 saturated heterocycles. The Balaban J connectivity index is 1.55. The highest BCUT2D eigenvalue weighted by Gasteiger charge is 2.24. The number of piperidine rings is 1. The zero-order valence-corrected chi connectivity index (χ0v) is 12.7. The molecule has 0 amide bonds. The third-order valence-electron chi connectivity index (χ3n) is 4.31. The fourth-order valence-electron chi connectivity index (χ4n) is 2.86. The van der Waals surface area contributed by atoms with Crippen LogP contribution in [0.4, 0.5) is 5.82 Å². The summed E-state index contributed by atoms with van der Waals surface area (Å²) >= 11 is 0. The van der Waals surface area contributed by atoms with Crippen LogP contribution in [0, 0.1) is 5.92 Å². The molecule has 22 heavy (non-hydrogen) atoms. The van der Waals surface area contributed by atoms with Crippen molar-refractivity contribution in [3.63, 3.8) is 0 Å². The zero-order valence-electron chi connectivity index (χ0n) is 12.7. The molecule has 2 fully saturated rings. The molecular formula is C17H22N4O. The molecule has 2 aromatic rings. The maximum absolute atomic E-state index is 6.04. The molecule has 1 aromatic carbocycles. The first-order valence-corrected chi connectivity index (χ1v) is 8.25. The number of nitrogens with zero attached hydrogens (tertiary/aromatic N) is 2. The Kier molecular flexibility index (Phi) is 3.81. The number of para-hydroxylation sites is 2. The van der Waals surface area contributed by atoms with Crippen LogP contribution in [0.25, 0.3) is 11.0 Å². The van der Waals surface area contributed by atoms with Crippen LogP contribution in [0.1, 0.15) is 25.7 Å². The highest BCUT2D eigenvalue weighted by Crippen LogP contribution is 2.30. The third kappa shape index (κ3) is 3.14. The second kappa shape index (κ2) is 6.08. The summed E-state index contributed by atoms with van der Waals surface area (Å²) in [5.41, 5.74) is 1.80. The summed E-state index contributed by atoms with van der Waals surface area (Å²) in [4.78, 5) is 9.38. The predicted octanol–water partition coefficient (Wildman–Crippen LogP) is 2.58. The Labute approximate surface area is 130 Å². The SMILES string of the molecule is c1ccc2nc(OC[C@H]3CCCNC3)c(NC3CC3)nc2c1.